The maximum Gasteiger partial charge on any atom is 0.160 e. The van der Waals surface area contributed by atoms with E-state index in [1.54, 1.807) is 13.3 Å². The van der Waals surface area contributed by atoms with Crippen molar-refractivity contribution in [2.45, 2.75) is 13.0 Å². The fraction of sp³-hybridized carbons (Fsp3) is 0.583. The molecule has 2 heterocycles. The zero-order valence-corrected chi connectivity index (χ0v) is 10.3. The van der Waals surface area contributed by atoms with Crippen molar-refractivity contribution < 1.29 is 9.47 Å². The lowest BCUT2D eigenvalue weighted by atomic mass is 10.2. The lowest BCUT2D eigenvalue weighted by Crippen LogP contribution is -2.45. The highest BCUT2D eigenvalue weighted by atomic mass is 16.5. The van der Waals surface area contributed by atoms with Crippen LogP contribution in [0, 0.1) is 6.92 Å². The number of morpholine rings is 1. The monoisotopic (exact) mass is 237 g/mol. The van der Waals surface area contributed by atoms with Crippen molar-refractivity contribution in [3.63, 3.8) is 0 Å². The van der Waals surface area contributed by atoms with Gasteiger partial charge < -0.3 is 20.1 Å². The molecule has 0 saturated carbocycles. The molecular weight excluding hydrogens is 218 g/mol. The minimum Gasteiger partial charge on any atom is -0.493 e. The summed E-state index contributed by atoms with van der Waals surface area (Å²) in [7, 11) is 1.65. The number of aromatic nitrogens is 1. The van der Waals surface area contributed by atoms with E-state index in [9.17, 15) is 0 Å². The summed E-state index contributed by atoms with van der Waals surface area (Å²) >= 11 is 0. The molecular formula is C12H19N3O2. The quantitative estimate of drug-likeness (QED) is 0.811. The van der Waals surface area contributed by atoms with Gasteiger partial charge in [-0.25, -0.2) is 0 Å². The molecule has 5 nitrogen and oxygen atoms in total. The number of methoxy groups -OCH3 is 1. The first-order valence-electron chi connectivity index (χ1n) is 5.85. The predicted octanol–water partition coefficient (Wildman–Crippen LogP) is 0.799. The van der Waals surface area contributed by atoms with Gasteiger partial charge in [0.15, 0.2) is 5.75 Å². The Morgan fingerprint density at radius 3 is 3.24 bits per heavy atom. The number of nitrogens with zero attached hydrogens (tertiary/aromatic N) is 1. The van der Waals surface area contributed by atoms with E-state index < -0.39 is 0 Å². The van der Waals surface area contributed by atoms with Crippen molar-refractivity contribution in [3.05, 3.63) is 18.0 Å². The van der Waals surface area contributed by atoms with Crippen LogP contribution >= 0.6 is 0 Å². The first-order chi connectivity index (χ1) is 8.29. The number of anilines is 1. The van der Waals surface area contributed by atoms with Gasteiger partial charge in [0.1, 0.15) is 0 Å². The molecule has 17 heavy (non-hydrogen) atoms. The van der Waals surface area contributed by atoms with Crippen LogP contribution in [0.3, 0.4) is 0 Å². The van der Waals surface area contributed by atoms with Crippen molar-refractivity contribution in [1.82, 2.24) is 10.3 Å². The molecule has 1 unspecified atom stereocenters. The second kappa shape index (κ2) is 5.84. The van der Waals surface area contributed by atoms with Crippen LogP contribution in [0.15, 0.2) is 12.3 Å². The fourth-order valence-corrected chi connectivity index (χ4v) is 1.83. The van der Waals surface area contributed by atoms with E-state index in [0.717, 1.165) is 43.4 Å². The summed E-state index contributed by atoms with van der Waals surface area (Å²) in [6, 6.07) is 2.34. The minimum absolute atomic E-state index is 0.349. The predicted molar refractivity (Wildman–Crippen MR) is 66.6 cm³/mol. The molecule has 1 aromatic heterocycles. The SMILES string of the molecule is COc1cnc(C)cc1NCC1COCCN1. The summed E-state index contributed by atoms with van der Waals surface area (Å²) < 4.78 is 10.7. The van der Waals surface area contributed by atoms with Crippen LogP contribution in [0.4, 0.5) is 5.69 Å². The summed E-state index contributed by atoms with van der Waals surface area (Å²) in [5.74, 6) is 0.771. The smallest absolute Gasteiger partial charge is 0.160 e. The zero-order valence-electron chi connectivity index (χ0n) is 10.3. The highest BCUT2D eigenvalue weighted by molar-refractivity contribution is 5.56. The third kappa shape index (κ3) is 3.31. The number of ether oxygens (including phenoxy) is 2. The minimum atomic E-state index is 0.349. The molecule has 2 rings (SSSR count). The van der Waals surface area contributed by atoms with Crippen LogP contribution in [-0.4, -0.2) is 44.4 Å². The molecule has 2 N–H and O–H groups in total. The molecule has 1 aliphatic heterocycles. The summed E-state index contributed by atoms with van der Waals surface area (Å²) in [6.07, 6.45) is 1.74. The van der Waals surface area contributed by atoms with Gasteiger partial charge in [0.2, 0.25) is 0 Å². The summed E-state index contributed by atoms with van der Waals surface area (Å²) in [6.45, 7) is 5.25. The topological polar surface area (TPSA) is 55.4 Å². The molecule has 0 aromatic carbocycles. The first kappa shape index (κ1) is 12.1. The van der Waals surface area contributed by atoms with Gasteiger partial charge >= 0.3 is 0 Å². The molecule has 94 valence electrons. The Kier molecular flexibility index (Phi) is 4.17. The van der Waals surface area contributed by atoms with Crippen molar-refractivity contribution in [3.8, 4) is 5.75 Å². The second-order valence-electron chi connectivity index (χ2n) is 4.13. The van der Waals surface area contributed by atoms with Crippen molar-refractivity contribution >= 4 is 5.69 Å². The summed E-state index contributed by atoms with van der Waals surface area (Å²) in [5.41, 5.74) is 1.95. The van der Waals surface area contributed by atoms with Crippen molar-refractivity contribution in [2.24, 2.45) is 0 Å². The molecule has 1 atom stereocenters. The maximum atomic E-state index is 5.40. The number of nitrogens with one attached hydrogen (secondary N) is 2. The van der Waals surface area contributed by atoms with Gasteiger partial charge in [0.25, 0.3) is 0 Å². The third-order valence-electron chi connectivity index (χ3n) is 2.76. The van der Waals surface area contributed by atoms with Crippen LogP contribution in [0.5, 0.6) is 5.75 Å². The van der Waals surface area contributed by atoms with Crippen LogP contribution in [-0.2, 0) is 4.74 Å². The Hall–Kier alpha value is -1.33. The second-order valence-corrected chi connectivity index (χ2v) is 4.13. The highest BCUT2D eigenvalue weighted by Gasteiger charge is 2.13. The Morgan fingerprint density at radius 2 is 2.53 bits per heavy atom. The number of aryl methyl sites for hydroxylation is 1. The molecule has 1 aromatic rings. The molecule has 0 aliphatic carbocycles. The van der Waals surface area contributed by atoms with Crippen LogP contribution in [0.1, 0.15) is 5.69 Å². The fourth-order valence-electron chi connectivity index (χ4n) is 1.83. The zero-order chi connectivity index (χ0) is 12.1. The number of rotatable bonds is 4. The van der Waals surface area contributed by atoms with E-state index in [0.29, 0.717) is 6.04 Å². The van der Waals surface area contributed by atoms with Crippen molar-refractivity contribution in [2.75, 3.05) is 38.7 Å². The van der Waals surface area contributed by atoms with E-state index in [2.05, 4.69) is 15.6 Å². The summed E-state index contributed by atoms with van der Waals surface area (Å²) in [5, 5.41) is 6.76. The van der Waals surface area contributed by atoms with Crippen LogP contribution < -0.4 is 15.4 Å². The average molecular weight is 237 g/mol. The molecule has 1 fully saturated rings. The molecule has 1 aliphatic rings. The molecule has 0 radical (unpaired) electrons. The van der Waals surface area contributed by atoms with Crippen LogP contribution in [0.25, 0.3) is 0 Å². The lowest BCUT2D eigenvalue weighted by molar-refractivity contribution is 0.0806. The Balaban J connectivity index is 1.95. The molecule has 0 spiro atoms. The van der Waals surface area contributed by atoms with E-state index >= 15 is 0 Å². The third-order valence-corrected chi connectivity index (χ3v) is 2.76. The Bertz CT molecular complexity index is 365. The highest BCUT2D eigenvalue weighted by Crippen LogP contribution is 2.23. The first-order valence-corrected chi connectivity index (χ1v) is 5.85. The maximum absolute atomic E-state index is 5.40. The van der Waals surface area contributed by atoms with E-state index in [4.69, 9.17) is 9.47 Å². The molecule has 1 saturated heterocycles. The molecule has 0 bridgehead atoms. The standard InChI is InChI=1S/C12H19N3O2/c1-9-5-11(12(16-2)7-14-9)15-6-10-8-17-4-3-13-10/h5,7,10,13H,3-4,6,8H2,1-2H3,(H,14,15). The molecule has 0 amide bonds. The van der Waals surface area contributed by atoms with Gasteiger partial charge in [-0.3, -0.25) is 4.98 Å². The van der Waals surface area contributed by atoms with Crippen LogP contribution in [0.2, 0.25) is 0 Å². The van der Waals surface area contributed by atoms with E-state index in [1.165, 1.54) is 0 Å². The van der Waals surface area contributed by atoms with Gasteiger partial charge in [-0.05, 0) is 13.0 Å². The van der Waals surface area contributed by atoms with Gasteiger partial charge in [0.05, 0.1) is 32.2 Å². The largest absolute Gasteiger partial charge is 0.493 e. The number of hydrogen-bond acceptors (Lipinski definition) is 5. The average Bonchev–Trinajstić information content (AvgIpc) is 2.38. The van der Waals surface area contributed by atoms with Gasteiger partial charge in [0, 0.05) is 24.8 Å². The number of pyridine rings is 1. The Labute approximate surface area is 102 Å². The van der Waals surface area contributed by atoms with Gasteiger partial charge in [-0.15, -0.1) is 0 Å². The summed E-state index contributed by atoms with van der Waals surface area (Å²) in [4.78, 5) is 4.20. The lowest BCUT2D eigenvalue weighted by Gasteiger charge is -2.24. The van der Waals surface area contributed by atoms with E-state index in [-0.39, 0.29) is 0 Å². The normalized spacial score (nSPS) is 20.0. The van der Waals surface area contributed by atoms with Crippen molar-refractivity contribution in [1.29, 1.82) is 0 Å². The van der Waals surface area contributed by atoms with Gasteiger partial charge in [-0.1, -0.05) is 0 Å². The molecule has 5 heteroatoms. The van der Waals surface area contributed by atoms with E-state index in [1.807, 2.05) is 13.0 Å². The van der Waals surface area contributed by atoms with Gasteiger partial charge in [-0.2, -0.15) is 0 Å². The Morgan fingerprint density at radius 1 is 1.65 bits per heavy atom. The number of hydrogen-bond donors (Lipinski definition) is 2.